The van der Waals surface area contributed by atoms with E-state index in [0.29, 0.717) is 21.8 Å². The Balaban J connectivity index is 1.60. The van der Waals surface area contributed by atoms with Gasteiger partial charge >= 0.3 is 0 Å². The molecule has 1 heterocycles. The monoisotopic (exact) mass is 418 g/mol. The number of benzene rings is 2. The lowest BCUT2D eigenvalue weighted by Crippen LogP contribution is -2.22. The van der Waals surface area contributed by atoms with E-state index in [9.17, 15) is 9.18 Å². The molecule has 0 saturated carbocycles. The van der Waals surface area contributed by atoms with E-state index in [1.54, 1.807) is 19.1 Å². The van der Waals surface area contributed by atoms with Gasteiger partial charge in [0.15, 0.2) is 4.34 Å². The van der Waals surface area contributed by atoms with Gasteiger partial charge in [0.05, 0.1) is 17.5 Å². The number of thioether (sulfide) groups is 1. The maximum absolute atomic E-state index is 13.2. The van der Waals surface area contributed by atoms with Crippen molar-refractivity contribution in [3.8, 4) is 5.75 Å². The highest BCUT2D eigenvalue weighted by molar-refractivity contribution is 8.02. The van der Waals surface area contributed by atoms with Crippen LogP contribution in [-0.2, 0) is 4.79 Å². The molecule has 0 bridgehead atoms. The molecule has 146 valence electrons. The number of ether oxygens (including phenoxy) is 1. The minimum absolute atomic E-state index is 0.234. The summed E-state index contributed by atoms with van der Waals surface area (Å²) in [5.41, 5.74) is 1.22. The largest absolute Gasteiger partial charge is 0.492 e. The molecule has 28 heavy (non-hydrogen) atoms. The summed E-state index contributed by atoms with van der Waals surface area (Å²) in [6.45, 7) is 4.25. The second-order valence-corrected chi connectivity index (χ2v) is 8.25. The fraction of sp³-hybridized carbons (Fsp3) is 0.211. The van der Waals surface area contributed by atoms with Crippen LogP contribution in [0.25, 0.3) is 0 Å². The van der Waals surface area contributed by atoms with Crippen LogP contribution < -0.4 is 15.4 Å². The molecule has 0 aliphatic rings. The molecule has 1 unspecified atom stereocenters. The van der Waals surface area contributed by atoms with Crippen LogP contribution in [0.15, 0.2) is 52.9 Å². The first-order valence-electron chi connectivity index (χ1n) is 8.60. The summed E-state index contributed by atoms with van der Waals surface area (Å²) in [5, 5.41) is 14.3. The van der Waals surface area contributed by atoms with E-state index >= 15 is 0 Å². The Morgan fingerprint density at radius 1 is 1.25 bits per heavy atom. The highest BCUT2D eigenvalue weighted by atomic mass is 32.2. The highest BCUT2D eigenvalue weighted by Crippen LogP contribution is 2.33. The van der Waals surface area contributed by atoms with Crippen LogP contribution in [0, 0.1) is 5.82 Å². The lowest BCUT2D eigenvalue weighted by Gasteiger charge is -2.10. The summed E-state index contributed by atoms with van der Waals surface area (Å²) in [4.78, 5) is 12.3. The summed E-state index contributed by atoms with van der Waals surface area (Å²) in [6, 6.07) is 13.4. The third-order valence-electron chi connectivity index (χ3n) is 3.57. The zero-order valence-corrected chi connectivity index (χ0v) is 16.9. The number of hydrogen-bond acceptors (Lipinski definition) is 7. The van der Waals surface area contributed by atoms with Gasteiger partial charge in [0, 0.05) is 5.69 Å². The van der Waals surface area contributed by atoms with Crippen LogP contribution in [0.3, 0.4) is 0 Å². The molecule has 6 nitrogen and oxygen atoms in total. The smallest absolute Gasteiger partial charge is 0.237 e. The van der Waals surface area contributed by atoms with E-state index in [0.717, 1.165) is 11.4 Å². The molecule has 2 aromatic carbocycles. The molecule has 0 spiro atoms. The van der Waals surface area contributed by atoms with Crippen molar-refractivity contribution in [2.45, 2.75) is 23.4 Å². The summed E-state index contributed by atoms with van der Waals surface area (Å²) >= 11 is 2.63. The molecular weight excluding hydrogens is 399 g/mol. The molecule has 3 aromatic rings. The number of rotatable bonds is 8. The molecule has 0 radical (unpaired) electrons. The van der Waals surface area contributed by atoms with Gasteiger partial charge in [-0.2, -0.15) is 0 Å². The van der Waals surface area contributed by atoms with Crippen molar-refractivity contribution >= 4 is 45.5 Å². The maximum atomic E-state index is 13.2. The van der Waals surface area contributed by atoms with Crippen LogP contribution in [0.2, 0.25) is 0 Å². The fourth-order valence-electron chi connectivity index (χ4n) is 2.29. The minimum Gasteiger partial charge on any atom is -0.492 e. The van der Waals surface area contributed by atoms with E-state index in [1.807, 2.05) is 31.2 Å². The molecule has 1 atom stereocenters. The van der Waals surface area contributed by atoms with Crippen LogP contribution in [-0.4, -0.2) is 28.0 Å². The van der Waals surface area contributed by atoms with E-state index < -0.39 is 11.1 Å². The molecule has 0 aliphatic carbocycles. The predicted octanol–water partition coefficient (Wildman–Crippen LogP) is 4.94. The number of nitrogens with one attached hydrogen (secondary N) is 2. The molecule has 0 saturated heterocycles. The maximum Gasteiger partial charge on any atom is 0.237 e. The quantitative estimate of drug-likeness (QED) is 0.505. The van der Waals surface area contributed by atoms with Crippen molar-refractivity contribution in [3.63, 3.8) is 0 Å². The lowest BCUT2D eigenvalue weighted by atomic mass is 10.3. The summed E-state index contributed by atoms with van der Waals surface area (Å²) in [5.74, 6) is 0.101. The zero-order valence-electron chi connectivity index (χ0n) is 15.3. The normalized spacial score (nSPS) is 11.7. The van der Waals surface area contributed by atoms with Gasteiger partial charge in [-0.05, 0) is 44.2 Å². The van der Waals surface area contributed by atoms with Crippen molar-refractivity contribution in [1.29, 1.82) is 0 Å². The van der Waals surface area contributed by atoms with Gasteiger partial charge in [0.25, 0.3) is 0 Å². The lowest BCUT2D eigenvalue weighted by molar-refractivity contribution is -0.115. The number of aromatic nitrogens is 2. The number of carbonyl (C=O) groups is 1. The van der Waals surface area contributed by atoms with Crippen molar-refractivity contribution in [2.75, 3.05) is 17.2 Å². The Bertz CT molecular complexity index is 951. The standard InChI is InChI=1S/C19H19FN4O2S2/c1-3-26-16-10-5-4-9-15(16)22-18-23-24-19(28-18)27-12(2)17(25)21-14-8-6-7-13(20)11-14/h4-12H,3H2,1-2H3,(H,21,25)(H,22,23). The molecule has 9 heteroatoms. The van der Waals surface area contributed by atoms with Gasteiger partial charge in [0.2, 0.25) is 11.0 Å². The molecule has 1 aromatic heterocycles. The van der Waals surface area contributed by atoms with Gasteiger partial charge in [-0.3, -0.25) is 4.79 Å². The Morgan fingerprint density at radius 3 is 2.86 bits per heavy atom. The Kier molecular flexibility index (Phi) is 6.83. The van der Waals surface area contributed by atoms with E-state index in [-0.39, 0.29) is 5.91 Å². The van der Waals surface area contributed by atoms with Crippen molar-refractivity contribution in [1.82, 2.24) is 10.2 Å². The van der Waals surface area contributed by atoms with Crippen molar-refractivity contribution < 1.29 is 13.9 Å². The molecule has 0 fully saturated rings. The first kappa shape index (κ1) is 20.1. The Hall–Kier alpha value is -2.65. The number of carbonyl (C=O) groups excluding carboxylic acids is 1. The first-order chi connectivity index (χ1) is 13.5. The van der Waals surface area contributed by atoms with Crippen LogP contribution >= 0.6 is 23.1 Å². The van der Waals surface area contributed by atoms with Gasteiger partial charge in [-0.25, -0.2) is 4.39 Å². The highest BCUT2D eigenvalue weighted by Gasteiger charge is 2.18. The molecule has 1 amide bonds. The van der Waals surface area contributed by atoms with Crippen molar-refractivity contribution in [3.05, 3.63) is 54.3 Å². The van der Waals surface area contributed by atoms with Gasteiger partial charge in [-0.1, -0.05) is 41.3 Å². The fourth-order valence-corrected chi connectivity index (χ4v) is 4.20. The first-order valence-corrected chi connectivity index (χ1v) is 10.3. The van der Waals surface area contributed by atoms with Gasteiger partial charge < -0.3 is 15.4 Å². The average molecular weight is 419 g/mol. The zero-order chi connectivity index (χ0) is 19.9. The third-order valence-corrected chi connectivity index (χ3v) is 5.60. The van der Waals surface area contributed by atoms with E-state index in [1.165, 1.54) is 35.2 Å². The number of halogens is 1. The van der Waals surface area contributed by atoms with E-state index in [4.69, 9.17) is 4.74 Å². The van der Waals surface area contributed by atoms with Crippen LogP contribution in [0.1, 0.15) is 13.8 Å². The summed E-state index contributed by atoms with van der Waals surface area (Å²) in [6.07, 6.45) is 0. The number of hydrogen-bond donors (Lipinski definition) is 2. The number of anilines is 3. The van der Waals surface area contributed by atoms with Crippen LogP contribution in [0.4, 0.5) is 20.9 Å². The predicted molar refractivity (Wildman–Crippen MR) is 111 cm³/mol. The van der Waals surface area contributed by atoms with E-state index in [2.05, 4.69) is 20.8 Å². The van der Waals surface area contributed by atoms with Gasteiger partial charge in [-0.15, -0.1) is 10.2 Å². The molecule has 3 rings (SSSR count). The number of nitrogens with zero attached hydrogens (tertiary/aromatic N) is 2. The van der Waals surface area contributed by atoms with Crippen LogP contribution in [0.5, 0.6) is 5.75 Å². The Labute approximate surface area is 170 Å². The summed E-state index contributed by atoms with van der Waals surface area (Å²) < 4.78 is 19.5. The SMILES string of the molecule is CCOc1ccccc1Nc1nnc(SC(C)C(=O)Nc2cccc(F)c2)s1. The average Bonchev–Trinajstić information content (AvgIpc) is 3.10. The number of amides is 1. The second kappa shape index (κ2) is 9.52. The topological polar surface area (TPSA) is 76.1 Å². The minimum atomic E-state index is -0.417. The molecule has 0 aliphatic heterocycles. The molecule has 2 N–H and O–H groups in total. The Morgan fingerprint density at radius 2 is 2.07 bits per heavy atom. The number of para-hydroxylation sites is 2. The second-order valence-electron chi connectivity index (χ2n) is 5.69. The van der Waals surface area contributed by atoms with Crippen molar-refractivity contribution in [2.24, 2.45) is 0 Å². The summed E-state index contributed by atoms with van der Waals surface area (Å²) in [7, 11) is 0. The third kappa shape index (κ3) is 5.43. The van der Waals surface area contributed by atoms with Gasteiger partial charge in [0.1, 0.15) is 11.6 Å². The molecular formula is C19H19FN4O2S2.